The molecule has 0 bridgehead atoms. The van der Waals surface area contributed by atoms with Crippen LogP contribution in [0.1, 0.15) is 18.0 Å². The van der Waals surface area contributed by atoms with Crippen molar-refractivity contribution in [2.75, 3.05) is 5.01 Å². The highest BCUT2D eigenvalue weighted by Gasteiger charge is 2.62. The second-order valence-electron chi connectivity index (χ2n) is 5.69. The lowest BCUT2D eigenvalue weighted by Crippen LogP contribution is -2.43. The molecule has 1 aromatic heterocycles. The zero-order valence-electron chi connectivity index (χ0n) is 13.1. The number of alkyl halides is 5. The molecule has 144 valence electrons. The van der Waals surface area contributed by atoms with E-state index in [1.807, 2.05) is 0 Å². The number of benzene rings is 1. The molecule has 0 amide bonds. The summed E-state index contributed by atoms with van der Waals surface area (Å²) >= 11 is 3.08. The van der Waals surface area contributed by atoms with Crippen molar-refractivity contribution in [3.8, 4) is 0 Å². The summed E-state index contributed by atoms with van der Waals surface area (Å²) in [7, 11) is 0. The number of pyridine rings is 1. The van der Waals surface area contributed by atoms with Crippen molar-refractivity contribution < 1.29 is 30.7 Å². The summed E-state index contributed by atoms with van der Waals surface area (Å²) in [5.41, 5.74) is -1.61. The van der Waals surface area contributed by atoms with Crippen molar-refractivity contribution in [1.29, 1.82) is 0 Å². The minimum absolute atomic E-state index is 0.275. The van der Waals surface area contributed by atoms with Gasteiger partial charge >= 0.3 is 12.1 Å². The van der Waals surface area contributed by atoms with Crippen molar-refractivity contribution >= 4 is 27.3 Å². The smallest absolute Gasteiger partial charge is 0.255 e. The van der Waals surface area contributed by atoms with Crippen molar-refractivity contribution in [3.05, 3.63) is 58.3 Å². The number of rotatable bonds is 3. The normalized spacial score (nSPS) is 18.0. The largest absolute Gasteiger partial charge is 0.459 e. The van der Waals surface area contributed by atoms with Gasteiger partial charge in [-0.05, 0) is 45.8 Å². The second kappa shape index (κ2) is 6.77. The molecule has 0 spiro atoms. The molecule has 27 heavy (non-hydrogen) atoms. The highest BCUT2D eigenvalue weighted by Crippen LogP contribution is 2.45. The molecule has 0 N–H and O–H groups in total. The molecule has 1 aliphatic heterocycles. The molecule has 11 heteroatoms. The van der Waals surface area contributed by atoms with Gasteiger partial charge in [-0.3, -0.25) is 5.01 Å². The van der Waals surface area contributed by atoms with Crippen molar-refractivity contribution in [2.45, 2.75) is 24.6 Å². The molecule has 0 saturated heterocycles. The standard InChI is InChI=1S/C16H9BrF7N3/c17-14-5-8(3-4-25-14)12-7-13(15(20,21)16(22,23)24)26-27(12)11-2-1-9(18)6-10(11)19/h1-6,12H,7H2. The van der Waals surface area contributed by atoms with Crippen molar-refractivity contribution in [2.24, 2.45) is 5.10 Å². The fourth-order valence-electron chi connectivity index (χ4n) is 2.64. The Morgan fingerprint density at radius 2 is 1.74 bits per heavy atom. The van der Waals surface area contributed by atoms with Crippen LogP contribution in [-0.2, 0) is 0 Å². The van der Waals surface area contributed by atoms with E-state index in [0.717, 1.165) is 12.1 Å². The molecule has 3 nitrogen and oxygen atoms in total. The molecule has 3 rings (SSSR count). The highest BCUT2D eigenvalue weighted by atomic mass is 79.9. The predicted octanol–water partition coefficient (Wildman–Crippen LogP) is 5.63. The molecule has 1 atom stereocenters. The summed E-state index contributed by atoms with van der Waals surface area (Å²) in [6, 6.07) is 3.88. The fourth-order valence-corrected chi connectivity index (χ4v) is 3.02. The van der Waals surface area contributed by atoms with E-state index in [-0.39, 0.29) is 5.56 Å². The molecule has 2 heterocycles. The summed E-state index contributed by atoms with van der Waals surface area (Å²) in [5, 5.41) is 4.06. The molecule has 0 radical (unpaired) electrons. The molecule has 1 aromatic carbocycles. The maximum absolute atomic E-state index is 14.1. The van der Waals surface area contributed by atoms with Gasteiger partial charge in [0.05, 0.1) is 11.7 Å². The topological polar surface area (TPSA) is 28.5 Å². The van der Waals surface area contributed by atoms with Gasteiger partial charge in [-0.2, -0.15) is 27.1 Å². The van der Waals surface area contributed by atoms with Gasteiger partial charge in [0.25, 0.3) is 0 Å². The number of halogens is 8. The third kappa shape index (κ3) is 3.64. The Morgan fingerprint density at radius 3 is 2.33 bits per heavy atom. The lowest BCUT2D eigenvalue weighted by atomic mass is 9.99. The molecule has 1 unspecified atom stereocenters. The average Bonchev–Trinajstić information content (AvgIpc) is 2.99. The van der Waals surface area contributed by atoms with Crippen LogP contribution in [0.4, 0.5) is 36.4 Å². The van der Waals surface area contributed by atoms with E-state index >= 15 is 0 Å². The monoisotopic (exact) mass is 455 g/mol. The number of aromatic nitrogens is 1. The first-order chi connectivity index (χ1) is 12.5. The van der Waals surface area contributed by atoms with Crippen LogP contribution in [0.25, 0.3) is 0 Å². The van der Waals surface area contributed by atoms with Crippen molar-refractivity contribution in [1.82, 2.24) is 4.98 Å². The van der Waals surface area contributed by atoms with E-state index in [4.69, 9.17) is 0 Å². The Balaban J connectivity index is 2.11. The van der Waals surface area contributed by atoms with Gasteiger partial charge in [0, 0.05) is 18.7 Å². The molecule has 0 fully saturated rings. The zero-order valence-corrected chi connectivity index (χ0v) is 14.7. The lowest BCUT2D eigenvalue weighted by molar-refractivity contribution is -0.249. The molecular weight excluding hydrogens is 447 g/mol. The quantitative estimate of drug-likeness (QED) is 0.443. The van der Waals surface area contributed by atoms with Crippen LogP contribution in [0.2, 0.25) is 0 Å². The lowest BCUT2D eigenvalue weighted by Gasteiger charge is -2.24. The Kier molecular flexibility index (Phi) is 4.91. The Labute approximate surface area is 156 Å². The minimum atomic E-state index is -5.85. The van der Waals surface area contributed by atoms with Crippen LogP contribution < -0.4 is 5.01 Å². The predicted molar refractivity (Wildman–Crippen MR) is 86.6 cm³/mol. The summed E-state index contributed by atoms with van der Waals surface area (Å²) in [4.78, 5) is 3.85. The van der Waals surface area contributed by atoms with E-state index in [9.17, 15) is 30.7 Å². The SMILES string of the molecule is Fc1ccc(N2N=C(C(F)(F)C(F)(F)F)CC2c2ccnc(Br)c2)c(F)c1. The highest BCUT2D eigenvalue weighted by molar-refractivity contribution is 9.10. The molecular formula is C16H9BrF7N3. The van der Waals surface area contributed by atoms with Crippen LogP contribution in [0.3, 0.4) is 0 Å². The maximum Gasteiger partial charge on any atom is 0.459 e. The number of nitrogens with zero attached hydrogens (tertiary/aromatic N) is 3. The third-order valence-corrected chi connectivity index (χ3v) is 4.35. The van der Waals surface area contributed by atoms with Crippen LogP contribution in [0.15, 0.2) is 46.2 Å². The van der Waals surface area contributed by atoms with E-state index in [0.29, 0.717) is 15.7 Å². The van der Waals surface area contributed by atoms with E-state index in [1.54, 1.807) is 0 Å². The zero-order chi connectivity index (χ0) is 20.0. The van der Waals surface area contributed by atoms with E-state index < -0.39 is 47.6 Å². The second-order valence-corrected chi connectivity index (χ2v) is 6.50. The van der Waals surface area contributed by atoms with Crippen LogP contribution in [-0.4, -0.2) is 22.8 Å². The van der Waals surface area contributed by atoms with Gasteiger partial charge in [0.15, 0.2) is 5.82 Å². The fraction of sp³-hybridized carbons (Fsp3) is 0.250. The Morgan fingerprint density at radius 1 is 1.04 bits per heavy atom. The van der Waals surface area contributed by atoms with Gasteiger partial charge in [0.2, 0.25) is 0 Å². The Hall–Kier alpha value is -2.17. The molecule has 1 aliphatic rings. The summed E-state index contributed by atoms with van der Waals surface area (Å²) in [5.74, 6) is -7.27. The van der Waals surface area contributed by atoms with Crippen molar-refractivity contribution in [3.63, 3.8) is 0 Å². The number of hydrogen-bond acceptors (Lipinski definition) is 3. The summed E-state index contributed by atoms with van der Waals surface area (Å²) in [6.07, 6.45) is -5.36. The number of anilines is 1. The minimum Gasteiger partial charge on any atom is -0.255 e. The van der Waals surface area contributed by atoms with Crippen LogP contribution in [0, 0.1) is 11.6 Å². The van der Waals surface area contributed by atoms with Gasteiger partial charge in [0.1, 0.15) is 16.1 Å². The third-order valence-electron chi connectivity index (χ3n) is 3.92. The summed E-state index contributed by atoms with van der Waals surface area (Å²) < 4.78 is 93.4. The molecule has 2 aromatic rings. The van der Waals surface area contributed by atoms with Crippen LogP contribution >= 0.6 is 15.9 Å². The first-order valence-electron chi connectivity index (χ1n) is 7.39. The maximum atomic E-state index is 14.1. The number of hydrogen-bond donors (Lipinski definition) is 0. The van der Waals surface area contributed by atoms with Gasteiger partial charge in [-0.25, -0.2) is 13.8 Å². The Bertz CT molecular complexity index is 898. The van der Waals surface area contributed by atoms with E-state index in [2.05, 4.69) is 26.0 Å². The molecule has 0 aliphatic carbocycles. The van der Waals surface area contributed by atoms with E-state index in [1.165, 1.54) is 18.3 Å². The molecule has 0 saturated carbocycles. The summed E-state index contributed by atoms with van der Waals surface area (Å²) in [6.45, 7) is 0. The van der Waals surface area contributed by atoms with Crippen LogP contribution in [0.5, 0.6) is 0 Å². The van der Waals surface area contributed by atoms with Gasteiger partial charge in [-0.15, -0.1) is 0 Å². The average molecular weight is 456 g/mol. The number of hydrazone groups is 1. The van der Waals surface area contributed by atoms with Gasteiger partial charge < -0.3 is 0 Å². The first-order valence-corrected chi connectivity index (χ1v) is 8.18. The van der Waals surface area contributed by atoms with Gasteiger partial charge in [-0.1, -0.05) is 0 Å². The first kappa shape index (κ1) is 19.6.